The summed E-state index contributed by atoms with van der Waals surface area (Å²) < 4.78 is 54.5. The molecule has 0 saturated carbocycles. The van der Waals surface area contributed by atoms with Crippen LogP contribution in [0.15, 0.2) is 91.0 Å². The molecular weight excluding hydrogens is 478 g/mol. The molecule has 1 heterocycles. The summed E-state index contributed by atoms with van der Waals surface area (Å²) in [6.07, 6.45) is 12.2. The highest BCUT2D eigenvalue weighted by Gasteiger charge is 2.37. The van der Waals surface area contributed by atoms with Crippen LogP contribution in [0.2, 0.25) is 0 Å². The predicted molar refractivity (Wildman–Crippen MR) is 142 cm³/mol. The first kappa shape index (κ1) is 29.3. The second-order valence-electron chi connectivity index (χ2n) is 8.18. The van der Waals surface area contributed by atoms with Crippen LogP contribution >= 0.6 is 0 Å². The number of rotatable bonds is 10. The highest BCUT2D eigenvalue weighted by atomic mass is 19.4. The number of aryl methyl sites for hydroxylation is 1. The number of hydrogen-bond donors (Lipinski definition) is 2. The summed E-state index contributed by atoms with van der Waals surface area (Å²) in [6.45, 7) is 3.93. The normalized spacial score (nSPS) is 13.2. The van der Waals surface area contributed by atoms with Crippen LogP contribution in [0.1, 0.15) is 42.3 Å². The van der Waals surface area contributed by atoms with Crippen LogP contribution in [0.4, 0.5) is 23.2 Å². The molecule has 3 rings (SSSR count). The van der Waals surface area contributed by atoms with E-state index in [0.717, 1.165) is 11.8 Å². The molecule has 0 aliphatic carbocycles. The fourth-order valence-corrected chi connectivity index (χ4v) is 3.92. The lowest BCUT2D eigenvalue weighted by Crippen LogP contribution is -2.46. The van der Waals surface area contributed by atoms with Crippen LogP contribution in [-0.2, 0) is 11.7 Å². The first-order valence-corrected chi connectivity index (χ1v) is 11.7. The zero-order chi connectivity index (χ0) is 27.3. The van der Waals surface area contributed by atoms with E-state index >= 15 is 0 Å². The largest absolute Gasteiger partial charge is 0.416 e. The lowest BCUT2D eigenvalue weighted by atomic mass is 9.81. The standard InChI is InChI=1S/C28H29F4N3.C2H2/c1-3-4-5-6-7-17-27(26-16-8-11-21(2)35-26,22-12-9-13-23(18-22)28(30,31)32)34-20-33-25-15-10-14-24(29)19-25;1-2/h3-6,8-16,18-19,33-34H,7,17,20H2,1-2H3;1-2H/b4-3-,6-5-;. The smallest absolute Gasteiger partial charge is 0.372 e. The quantitative estimate of drug-likeness (QED) is 0.128. The number of anilines is 1. The number of benzene rings is 2. The molecule has 1 unspecified atom stereocenters. The summed E-state index contributed by atoms with van der Waals surface area (Å²) in [6, 6.07) is 16.9. The zero-order valence-electron chi connectivity index (χ0n) is 20.9. The molecule has 0 radical (unpaired) electrons. The Morgan fingerprint density at radius 3 is 2.30 bits per heavy atom. The molecule has 1 atom stereocenters. The zero-order valence-corrected chi connectivity index (χ0v) is 20.9. The fourth-order valence-electron chi connectivity index (χ4n) is 3.92. The number of allylic oxidation sites excluding steroid dienone is 4. The van der Waals surface area contributed by atoms with Crippen molar-refractivity contribution >= 4 is 5.69 Å². The summed E-state index contributed by atoms with van der Waals surface area (Å²) in [7, 11) is 0. The van der Waals surface area contributed by atoms with E-state index in [2.05, 4.69) is 23.5 Å². The average molecular weight is 510 g/mol. The molecule has 0 saturated heterocycles. The second-order valence-corrected chi connectivity index (χ2v) is 8.18. The number of aromatic nitrogens is 1. The predicted octanol–water partition coefficient (Wildman–Crippen LogP) is 7.61. The minimum atomic E-state index is -4.48. The molecule has 0 amide bonds. The van der Waals surface area contributed by atoms with E-state index in [4.69, 9.17) is 4.98 Å². The lowest BCUT2D eigenvalue weighted by molar-refractivity contribution is -0.137. The van der Waals surface area contributed by atoms with E-state index in [0.29, 0.717) is 29.8 Å². The van der Waals surface area contributed by atoms with Gasteiger partial charge in [0, 0.05) is 11.4 Å². The van der Waals surface area contributed by atoms with Crippen molar-refractivity contribution in [3.8, 4) is 12.8 Å². The maximum Gasteiger partial charge on any atom is 0.416 e. The number of hydrogen-bond acceptors (Lipinski definition) is 3. The summed E-state index contributed by atoms with van der Waals surface area (Å²) in [5.74, 6) is -0.381. The van der Waals surface area contributed by atoms with Gasteiger partial charge in [0.05, 0.1) is 23.5 Å². The molecule has 0 aliphatic heterocycles. The number of alkyl halides is 3. The molecule has 194 valence electrons. The maximum absolute atomic E-state index is 13.6. The summed E-state index contributed by atoms with van der Waals surface area (Å²) in [4.78, 5) is 4.70. The molecule has 0 fully saturated rings. The van der Waals surface area contributed by atoms with Crippen molar-refractivity contribution in [2.75, 3.05) is 12.0 Å². The Morgan fingerprint density at radius 2 is 1.62 bits per heavy atom. The molecule has 7 heteroatoms. The van der Waals surface area contributed by atoms with Gasteiger partial charge < -0.3 is 5.32 Å². The van der Waals surface area contributed by atoms with E-state index in [-0.39, 0.29) is 12.5 Å². The van der Waals surface area contributed by atoms with Gasteiger partial charge >= 0.3 is 6.18 Å². The van der Waals surface area contributed by atoms with Gasteiger partial charge in [-0.05, 0) is 74.7 Å². The molecular formula is C30H31F4N3. The Kier molecular flexibility index (Phi) is 11.1. The van der Waals surface area contributed by atoms with Crippen molar-refractivity contribution in [2.24, 2.45) is 0 Å². The van der Waals surface area contributed by atoms with E-state index in [1.54, 1.807) is 18.2 Å². The number of nitrogens with zero attached hydrogens (tertiary/aromatic N) is 1. The van der Waals surface area contributed by atoms with Crippen LogP contribution in [0.25, 0.3) is 0 Å². The topological polar surface area (TPSA) is 37.0 Å². The van der Waals surface area contributed by atoms with Gasteiger partial charge in [-0.1, -0.05) is 48.6 Å². The van der Waals surface area contributed by atoms with Gasteiger partial charge in [-0.25, -0.2) is 4.39 Å². The number of terminal acetylenes is 1. The molecule has 1 aromatic heterocycles. The fraction of sp³-hybridized carbons (Fsp3) is 0.233. The van der Waals surface area contributed by atoms with Crippen LogP contribution in [0, 0.1) is 25.6 Å². The molecule has 0 bridgehead atoms. The van der Waals surface area contributed by atoms with Crippen molar-refractivity contribution in [1.29, 1.82) is 0 Å². The minimum Gasteiger partial charge on any atom is -0.372 e. The highest BCUT2D eigenvalue weighted by Crippen LogP contribution is 2.37. The first-order valence-electron chi connectivity index (χ1n) is 11.7. The molecule has 2 N–H and O–H groups in total. The summed E-state index contributed by atoms with van der Waals surface area (Å²) >= 11 is 0. The van der Waals surface area contributed by atoms with Crippen LogP contribution < -0.4 is 10.6 Å². The Bertz CT molecular complexity index is 1210. The third-order valence-corrected chi connectivity index (χ3v) is 5.64. The minimum absolute atomic E-state index is 0.175. The molecule has 37 heavy (non-hydrogen) atoms. The van der Waals surface area contributed by atoms with Gasteiger partial charge in [0.2, 0.25) is 0 Å². The SMILES string of the molecule is C#C.C/C=C\C=C/CCC(NCNc1cccc(F)c1)(c1cccc(C(F)(F)F)c1)c1cccc(C)n1. The molecule has 0 aliphatic rings. The Balaban J connectivity index is 0.00000235. The van der Waals surface area contributed by atoms with Gasteiger partial charge in [-0.3, -0.25) is 10.3 Å². The Labute approximate surface area is 216 Å². The van der Waals surface area contributed by atoms with Crippen molar-refractivity contribution < 1.29 is 17.6 Å². The average Bonchev–Trinajstić information content (AvgIpc) is 2.88. The first-order chi connectivity index (χ1) is 17.7. The molecule has 0 spiro atoms. The van der Waals surface area contributed by atoms with E-state index in [9.17, 15) is 17.6 Å². The van der Waals surface area contributed by atoms with Crippen LogP contribution in [0.3, 0.4) is 0 Å². The van der Waals surface area contributed by atoms with E-state index in [1.165, 1.54) is 24.3 Å². The highest BCUT2D eigenvalue weighted by molar-refractivity contribution is 5.44. The summed E-state index contributed by atoms with van der Waals surface area (Å²) in [5.41, 5.74) is 0.608. The Hall–Kier alpha value is -3.89. The lowest BCUT2D eigenvalue weighted by Gasteiger charge is -2.36. The summed E-state index contributed by atoms with van der Waals surface area (Å²) in [5, 5.41) is 6.54. The van der Waals surface area contributed by atoms with Gasteiger partial charge in [-0.15, -0.1) is 12.8 Å². The monoisotopic (exact) mass is 509 g/mol. The third-order valence-electron chi connectivity index (χ3n) is 5.64. The van der Waals surface area contributed by atoms with Gasteiger partial charge in [0.15, 0.2) is 0 Å². The molecule has 2 aromatic carbocycles. The van der Waals surface area contributed by atoms with Crippen molar-refractivity contribution in [1.82, 2.24) is 10.3 Å². The van der Waals surface area contributed by atoms with Gasteiger partial charge in [-0.2, -0.15) is 13.2 Å². The maximum atomic E-state index is 13.6. The molecule has 3 aromatic rings. The van der Waals surface area contributed by atoms with Gasteiger partial charge in [0.25, 0.3) is 0 Å². The van der Waals surface area contributed by atoms with Crippen molar-refractivity contribution in [3.63, 3.8) is 0 Å². The van der Waals surface area contributed by atoms with Crippen LogP contribution in [0.5, 0.6) is 0 Å². The number of nitrogens with one attached hydrogen (secondary N) is 2. The Morgan fingerprint density at radius 1 is 0.919 bits per heavy atom. The third kappa shape index (κ3) is 8.33. The van der Waals surface area contributed by atoms with E-state index in [1.807, 2.05) is 56.4 Å². The van der Waals surface area contributed by atoms with E-state index < -0.39 is 17.3 Å². The van der Waals surface area contributed by atoms with Crippen LogP contribution in [-0.4, -0.2) is 11.7 Å². The molecule has 3 nitrogen and oxygen atoms in total. The number of pyridine rings is 1. The van der Waals surface area contributed by atoms with Crippen molar-refractivity contribution in [3.05, 3.63) is 119 Å². The van der Waals surface area contributed by atoms with Gasteiger partial charge in [0.1, 0.15) is 5.82 Å². The number of halogens is 4. The second kappa shape index (κ2) is 14.0. The van der Waals surface area contributed by atoms with Crippen molar-refractivity contribution in [2.45, 2.75) is 38.4 Å².